The highest BCUT2D eigenvalue weighted by Crippen LogP contribution is 2.09. The fourth-order valence-corrected chi connectivity index (χ4v) is 1.85. The Morgan fingerprint density at radius 2 is 1.70 bits per heavy atom. The predicted octanol–water partition coefficient (Wildman–Crippen LogP) is 3.14. The van der Waals surface area contributed by atoms with Gasteiger partial charge in [0.2, 0.25) is 5.95 Å². The van der Waals surface area contributed by atoms with Crippen molar-refractivity contribution in [2.45, 2.75) is 20.8 Å². The van der Waals surface area contributed by atoms with E-state index in [4.69, 9.17) is 0 Å². The largest absolute Gasteiger partial charge is 0.291 e. The van der Waals surface area contributed by atoms with Gasteiger partial charge < -0.3 is 0 Å². The number of aromatic nitrogens is 2. The molecule has 102 valence electrons. The molecule has 0 bridgehead atoms. The van der Waals surface area contributed by atoms with Gasteiger partial charge in [0.05, 0.1) is 0 Å². The van der Waals surface area contributed by atoms with E-state index in [1.807, 2.05) is 56.3 Å². The Kier molecular flexibility index (Phi) is 4.25. The van der Waals surface area contributed by atoms with Gasteiger partial charge in [-0.25, -0.2) is 9.97 Å². The maximum absolute atomic E-state index is 12.1. The molecular formula is C16H17N3O. The number of hydrogen-bond donors (Lipinski definition) is 1. The second-order valence-corrected chi connectivity index (χ2v) is 4.67. The molecule has 2 aromatic rings. The number of nitrogens with one attached hydrogen (secondary N) is 1. The van der Waals surface area contributed by atoms with E-state index in [9.17, 15) is 4.79 Å². The average Bonchev–Trinajstić information content (AvgIpc) is 2.38. The van der Waals surface area contributed by atoms with Crippen molar-refractivity contribution < 1.29 is 4.79 Å². The lowest BCUT2D eigenvalue weighted by Gasteiger charge is -2.06. The van der Waals surface area contributed by atoms with E-state index in [1.165, 1.54) is 0 Å². The summed E-state index contributed by atoms with van der Waals surface area (Å²) in [5.74, 6) is 0.146. The highest BCUT2D eigenvalue weighted by molar-refractivity contribution is 6.05. The first kappa shape index (κ1) is 13.9. The second-order valence-electron chi connectivity index (χ2n) is 4.67. The molecule has 1 N–H and O–H groups in total. The number of nitrogens with zero attached hydrogens (tertiary/aromatic N) is 2. The van der Waals surface area contributed by atoms with Crippen LogP contribution in [0.5, 0.6) is 0 Å². The predicted molar refractivity (Wildman–Crippen MR) is 80.2 cm³/mol. The molecule has 0 saturated carbocycles. The highest BCUT2D eigenvalue weighted by atomic mass is 16.1. The Morgan fingerprint density at radius 3 is 2.30 bits per heavy atom. The van der Waals surface area contributed by atoms with Gasteiger partial charge in [-0.1, -0.05) is 30.3 Å². The van der Waals surface area contributed by atoms with Crippen LogP contribution in [-0.2, 0) is 4.79 Å². The molecule has 0 unspecified atom stereocenters. The van der Waals surface area contributed by atoms with Crippen LogP contribution in [0.1, 0.15) is 23.9 Å². The number of aryl methyl sites for hydroxylation is 2. The number of carbonyl (C=O) groups is 1. The zero-order chi connectivity index (χ0) is 14.5. The van der Waals surface area contributed by atoms with E-state index in [1.54, 1.807) is 6.92 Å². The summed E-state index contributed by atoms with van der Waals surface area (Å²) in [4.78, 5) is 20.5. The molecule has 2 rings (SSSR count). The molecule has 1 amide bonds. The Hall–Kier alpha value is -2.49. The van der Waals surface area contributed by atoms with E-state index in [2.05, 4.69) is 15.3 Å². The maximum atomic E-state index is 12.1. The third kappa shape index (κ3) is 3.75. The lowest BCUT2D eigenvalue weighted by Crippen LogP contribution is -2.15. The number of rotatable bonds is 3. The van der Waals surface area contributed by atoms with Crippen molar-refractivity contribution in [1.29, 1.82) is 0 Å². The molecule has 0 radical (unpaired) electrons. The Balaban J connectivity index is 2.13. The van der Waals surface area contributed by atoms with E-state index in [-0.39, 0.29) is 5.91 Å². The normalized spacial score (nSPS) is 11.2. The molecule has 4 heteroatoms. The Morgan fingerprint density at radius 1 is 1.10 bits per heavy atom. The number of benzene rings is 1. The number of anilines is 1. The van der Waals surface area contributed by atoms with Crippen molar-refractivity contribution in [3.8, 4) is 0 Å². The summed E-state index contributed by atoms with van der Waals surface area (Å²) >= 11 is 0. The third-order valence-corrected chi connectivity index (χ3v) is 2.75. The molecule has 0 fully saturated rings. The Bertz CT molecular complexity index is 628. The first-order chi connectivity index (χ1) is 9.54. The number of carbonyl (C=O) groups excluding carboxylic acids is 1. The Labute approximate surface area is 118 Å². The lowest BCUT2D eigenvalue weighted by atomic mass is 10.1. The van der Waals surface area contributed by atoms with Crippen molar-refractivity contribution in [3.63, 3.8) is 0 Å². The van der Waals surface area contributed by atoms with E-state index in [0.29, 0.717) is 11.5 Å². The zero-order valence-corrected chi connectivity index (χ0v) is 11.8. The third-order valence-electron chi connectivity index (χ3n) is 2.75. The molecule has 1 heterocycles. The SMILES string of the molecule is CC(=Cc1ccccc1)C(=O)Nc1nc(C)cc(C)n1. The van der Waals surface area contributed by atoms with Gasteiger partial charge in [-0.3, -0.25) is 10.1 Å². The van der Waals surface area contributed by atoms with Crippen LogP contribution < -0.4 is 5.32 Å². The summed E-state index contributed by atoms with van der Waals surface area (Å²) in [7, 11) is 0. The van der Waals surface area contributed by atoms with Gasteiger partial charge in [-0.2, -0.15) is 0 Å². The van der Waals surface area contributed by atoms with Gasteiger partial charge in [0, 0.05) is 17.0 Å². The highest BCUT2D eigenvalue weighted by Gasteiger charge is 2.07. The molecule has 0 spiro atoms. The van der Waals surface area contributed by atoms with Gasteiger partial charge in [-0.15, -0.1) is 0 Å². The topological polar surface area (TPSA) is 54.9 Å². The van der Waals surface area contributed by atoms with Gasteiger partial charge in [-0.05, 0) is 38.5 Å². The minimum absolute atomic E-state index is 0.196. The summed E-state index contributed by atoms with van der Waals surface area (Å²) in [6.07, 6.45) is 1.83. The molecule has 0 atom stereocenters. The smallest absolute Gasteiger partial charge is 0.253 e. The summed E-state index contributed by atoms with van der Waals surface area (Å²) in [5.41, 5.74) is 3.26. The van der Waals surface area contributed by atoms with Crippen LogP contribution in [0, 0.1) is 13.8 Å². The minimum Gasteiger partial charge on any atom is -0.291 e. The van der Waals surface area contributed by atoms with Gasteiger partial charge >= 0.3 is 0 Å². The maximum Gasteiger partial charge on any atom is 0.253 e. The summed E-state index contributed by atoms with van der Waals surface area (Å²) in [6.45, 7) is 5.51. The molecule has 1 aromatic carbocycles. The van der Waals surface area contributed by atoms with Crippen LogP contribution in [0.2, 0.25) is 0 Å². The number of hydrogen-bond acceptors (Lipinski definition) is 3. The number of amides is 1. The van der Waals surface area contributed by atoms with E-state index >= 15 is 0 Å². The molecule has 0 aliphatic carbocycles. The van der Waals surface area contributed by atoms with Crippen molar-refractivity contribution >= 4 is 17.9 Å². The molecule has 0 saturated heterocycles. The lowest BCUT2D eigenvalue weighted by molar-refractivity contribution is -0.112. The fourth-order valence-electron chi connectivity index (χ4n) is 1.85. The van der Waals surface area contributed by atoms with E-state index in [0.717, 1.165) is 17.0 Å². The van der Waals surface area contributed by atoms with Crippen LogP contribution in [0.15, 0.2) is 42.0 Å². The first-order valence-electron chi connectivity index (χ1n) is 6.41. The quantitative estimate of drug-likeness (QED) is 0.869. The zero-order valence-electron chi connectivity index (χ0n) is 11.8. The molecule has 1 aromatic heterocycles. The molecule has 20 heavy (non-hydrogen) atoms. The molecule has 0 aliphatic heterocycles. The molecule has 0 aliphatic rings. The second kappa shape index (κ2) is 6.10. The van der Waals surface area contributed by atoms with Gasteiger partial charge in [0.25, 0.3) is 5.91 Å². The fraction of sp³-hybridized carbons (Fsp3) is 0.188. The minimum atomic E-state index is -0.196. The summed E-state index contributed by atoms with van der Waals surface area (Å²) in [6, 6.07) is 11.6. The van der Waals surface area contributed by atoms with Crippen LogP contribution in [0.4, 0.5) is 5.95 Å². The van der Waals surface area contributed by atoms with Crippen molar-refractivity contribution in [1.82, 2.24) is 9.97 Å². The van der Waals surface area contributed by atoms with Crippen LogP contribution in [-0.4, -0.2) is 15.9 Å². The van der Waals surface area contributed by atoms with Crippen molar-refractivity contribution in [2.75, 3.05) is 5.32 Å². The van der Waals surface area contributed by atoms with Gasteiger partial charge in [0.1, 0.15) is 0 Å². The van der Waals surface area contributed by atoms with Crippen LogP contribution in [0.25, 0.3) is 6.08 Å². The monoisotopic (exact) mass is 267 g/mol. The summed E-state index contributed by atoms with van der Waals surface area (Å²) < 4.78 is 0. The first-order valence-corrected chi connectivity index (χ1v) is 6.41. The van der Waals surface area contributed by atoms with Crippen molar-refractivity contribution in [3.05, 3.63) is 58.9 Å². The van der Waals surface area contributed by atoms with Gasteiger partial charge in [0.15, 0.2) is 0 Å². The van der Waals surface area contributed by atoms with Crippen LogP contribution >= 0.6 is 0 Å². The summed E-state index contributed by atoms with van der Waals surface area (Å²) in [5, 5.41) is 2.71. The van der Waals surface area contributed by atoms with Crippen LogP contribution in [0.3, 0.4) is 0 Å². The molecule has 4 nitrogen and oxygen atoms in total. The standard InChI is InChI=1S/C16H17N3O/c1-11(9-14-7-5-4-6-8-14)15(20)19-16-17-12(2)10-13(3)18-16/h4-10H,1-3H3,(H,17,18,19,20). The molecular weight excluding hydrogens is 250 g/mol. The van der Waals surface area contributed by atoms with E-state index < -0.39 is 0 Å². The average molecular weight is 267 g/mol. The van der Waals surface area contributed by atoms with Crippen molar-refractivity contribution in [2.24, 2.45) is 0 Å².